The third-order valence-corrected chi connectivity index (χ3v) is 9.17. The van der Waals surface area contributed by atoms with Crippen molar-refractivity contribution in [2.45, 2.75) is 92.0 Å². The quantitative estimate of drug-likeness (QED) is 0.179. The molecule has 0 saturated carbocycles. The van der Waals surface area contributed by atoms with Crippen molar-refractivity contribution in [2.75, 3.05) is 0 Å². The van der Waals surface area contributed by atoms with Crippen molar-refractivity contribution in [2.24, 2.45) is 16.8 Å². The van der Waals surface area contributed by atoms with Gasteiger partial charge in [0.25, 0.3) is 5.91 Å². The molecule has 1 fully saturated rings. The second-order valence-corrected chi connectivity index (χ2v) is 11.7. The standard InChI is InChI=1S/C33H42N4O7/c1-6-19-18(5)32(43)37-26(19)13-29-23(15-38)22(9-11-31(41)42)28(35-29)14-27-21(8-10-30(39)40)17(4)24(34-27)12-25-16(3)20(7-2)33(44)36-25/h13,15,18-19,29,34-35,38H,6-12,14H2,1-5H3,(H,37,43)(H,39,40)(H,41,42)/b23-15+,26-13-/t18-,19-,29?/m1/s1. The molecule has 0 aliphatic carbocycles. The van der Waals surface area contributed by atoms with Crippen LogP contribution >= 0.6 is 0 Å². The lowest BCUT2D eigenvalue weighted by atomic mass is 9.90. The van der Waals surface area contributed by atoms with Gasteiger partial charge in [-0.3, -0.25) is 19.2 Å². The first-order chi connectivity index (χ1) is 20.9. The Hall–Kier alpha value is -4.41. The number of rotatable bonds is 13. The zero-order valence-corrected chi connectivity index (χ0v) is 26.0. The van der Waals surface area contributed by atoms with Gasteiger partial charge in [0.2, 0.25) is 5.91 Å². The van der Waals surface area contributed by atoms with Crippen molar-refractivity contribution in [3.8, 4) is 0 Å². The van der Waals surface area contributed by atoms with E-state index in [1.165, 1.54) is 0 Å². The van der Waals surface area contributed by atoms with Crippen molar-refractivity contribution < 1.29 is 34.5 Å². The zero-order valence-electron chi connectivity index (χ0n) is 26.0. The fourth-order valence-electron chi connectivity index (χ4n) is 6.61. The molecule has 236 valence electrons. The van der Waals surface area contributed by atoms with Crippen LogP contribution in [0.1, 0.15) is 82.3 Å². The minimum Gasteiger partial charge on any atom is -0.515 e. The minimum absolute atomic E-state index is 0.00288. The number of carbonyl (C=O) groups excluding carboxylic acids is 2. The number of nitrogens with zero attached hydrogens (tertiary/aromatic N) is 1. The summed E-state index contributed by atoms with van der Waals surface area (Å²) in [4.78, 5) is 55.6. The van der Waals surface area contributed by atoms with Crippen molar-refractivity contribution in [1.82, 2.24) is 15.6 Å². The molecule has 0 spiro atoms. The first-order valence-electron chi connectivity index (χ1n) is 15.2. The van der Waals surface area contributed by atoms with Gasteiger partial charge in [-0.2, -0.15) is 0 Å². The van der Waals surface area contributed by atoms with Gasteiger partial charge in [-0.05, 0) is 67.9 Å². The third-order valence-electron chi connectivity index (χ3n) is 9.17. The van der Waals surface area contributed by atoms with Crippen LogP contribution in [0.5, 0.6) is 0 Å². The van der Waals surface area contributed by atoms with E-state index in [0.29, 0.717) is 47.4 Å². The number of hydrogen-bond donors (Lipinski definition) is 6. The molecular weight excluding hydrogens is 564 g/mol. The average Bonchev–Trinajstić information content (AvgIpc) is 3.62. The second kappa shape index (κ2) is 13.5. The summed E-state index contributed by atoms with van der Waals surface area (Å²) < 4.78 is 0. The molecule has 3 atom stereocenters. The molecule has 6 N–H and O–H groups in total. The summed E-state index contributed by atoms with van der Waals surface area (Å²) in [6.07, 6.45) is 5.15. The molecule has 3 aliphatic heterocycles. The van der Waals surface area contributed by atoms with Crippen LogP contribution in [0.4, 0.5) is 0 Å². The molecule has 0 aromatic carbocycles. The van der Waals surface area contributed by atoms with Crippen LogP contribution in [0, 0.1) is 18.8 Å². The van der Waals surface area contributed by atoms with Gasteiger partial charge in [-0.1, -0.05) is 20.8 Å². The number of hydrogen-bond acceptors (Lipinski definition) is 6. The maximum absolute atomic E-state index is 12.4. The SMILES string of the molecule is CCC1=C(C)C(Cc2[nH]c(CC3=C(CCC(=O)O)/C(=C\O)C(/C=C4\NC(=O)[C@H](C)[C@H]4CC)N3)c(CCC(=O)O)c2C)=NC1=O. The number of H-pyrrole nitrogens is 1. The summed E-state index contributed by atoms with van der Waals surface area (Å²) in [5, 5.41) is 35.7. The lowest BCUT2D eigenvalue weighted by Gasteiger charge is -2.16. The van der Waals surface area contributed by atoms with E-state index in [0.717, 1.165) is 46.5 Å². The number of aromatic nitrogens is 1. The Bertz CT molecular complexity index is 1540. The Balaban J connectivity index is 1.72. The molecule has 11 nitrogen and oxygen atoms in total. The van der Waals surface area contributed by atoms with E-state index >= 15 is 0 Å². The highest BCUT2D eigenvalue weighted by atomic mass is 16.4. The van der Waals surface area contributed by atoms with Crippen LogP contribution in [0.3, 0.4) is 0 Å². The van der Waals surface area contributed by atoms with E-state index in [9.17, 15) is 34.5 Å². The van der Waals surface area contributed by atoms with Crippen LogP contribution < -0.4 is 10.6 Å². The van der Waals surface area contributed by atoms with E-state index in [1.807, 2.05) is 40.7 Å². The minimum atomic E-state index is -0.971. The first-order valence-corrected chi connectivity index (χ1v) is 15.2. The number of aliphatic hydroxyl groups excluding tert-OH is 1. The molecule has 4 rings (SSSR count). The number of aliphatic imine (C=N–C) groups is 1. The van der Waals surface area contributed by atoms with E-state index < -0.39 is 18.0 Å². The van der Waals surface area contributed by atoms with Crippen LogP contribution in [-0.2, 0) is 38.4 Å². The van der Waals surface area contributed by atoms with Gasteiger partial charge in [-0.25, -0.2) is 4.99 Å². The fraction of sp³-hybridized carbons (Fsp3) is 0.485. The van der Waals surface area contributed by atoms with Gasteiger partial charge in [0.05, 0.1) is 18.0 Å². The molecule has 11 heteroatoms. The first kappa shape index (κ1) is 32.5. The molecule has 0 radical (unpaired) electrons. The number of amides is 2. The topological polar surface area (TPSA) is 181 Å². The Morgan fingerprint density at radius 1 is 0.977 bits per heavy atom. The molecule has 4 heterocycles. The molecule has 1 saturated heterocycles. The van der Waals surface area contributed by atoms with E-state index in [-0.39, 0.29) is 49.3 Å². The number of aliphatic carboxylic acids is 2. The van der Waals surface area contributed by atoms with E-state index in [4.69, 9.17) is 0 Å². The predicted molar refractivity (Wildman–Crippen MR) is 165 cm³/mol. The molecule has 3 aliphatic rings. The van der Waals surface area contributed by atoms with Gasteiger partial charge in [0.15, 0.2) is 0 Å². The van der Waals surface area contributed by atoms with Crippen LogP contribution in [0.15, 0.2) is 51.0 Å². The summed E-state index contributed by atoms with van der Waals surface area (Å²) in [6, 6.07) is -0.495. The van der Waals surface area contributed by atoms with E-state index in [2.05, 4.69) is 20.6 Å². The predicted octanol–water partition coefficient (Wildman–Crippen LogP) is 4.34. The lowest BCUT2D eigenvalue weighted by molar-refractivity contribution is -0.138. The summed E-state index contributed by atoms with van der Waals surface area (Å²) in [5.41, 5.74) is 8.25. The van der Waals surface area contributed by atoms with Crippen LogP contribution in [-0.4, -0.2) is 55.8 Å². The molecular formula is C33H42N4O7. The highest BCUT2D eigenvalue weighted by Crippen LogP contribution is 2.36. The number of aromatic amines is 1. The Morgan fingerprint density at radius 2 is 1.66 bits per heavy atom. The fourth-order valence-corrected chi connectivity index (χ4v) is 6.61. The van der Waals surface area contributed by atoms with Crippen molar-refractivity contribution >= 4 is 29.5 Å². The van der Waals surface area contributed by atoms with E-state index in [1.54, 1.807) is 0 Å². The largest absolute Gasteiger partial charge is 0.515 e. The number of aliphatic hydroxyl groups is 1. The molecule has 1 aromatic rings. The van der Waals surface area contributed by atoms with Gasteiger partial charge in [0.1, 0.15) is 0 Å². The summed E-state index contributed by atoms with van der Waals surface area (Å²) in [5.74, 6) is -2.36. The average molecular weight is 607 g/mol. The van der Waals surface area contributed by atoms with Crippen LogP contribution in [0.25, 0.3) is 0 Å². The number of carboxylic acid groups (broad SMARTS) is 2. The number of carboxylic acids is 2. The number of carbonyl (C=O) groups is 4. The van der Waals surface area contributed by atoms with Gasteiger partial charge >= 0.3 is 11.9 Å². The van der Waals surface area contributed by atoms with Gasteiger partial charge in [0, 0.05) is 71.4 Å². The van der Waals surface area contributed by atoms with Crippen molar-refractivity contribution in [1.29, 1.82) is 0 Å². The maximum Gasteiger partial charge on any atom is 0.303 e. The molecule has 1 aromatic heterocycles. The Labute approximate surface area is 256 Å². The normalized spacial score (nSPS) is 23.7. The second-order valence-electron chi connectivity index (χ2n) is 11.7. The van der Waals surface area contributed by atoms with Gasteiger partial charge < -0.3 is 30.9 Å². The third kappa shape index (κ3) is 6.56. The number of allylic oxidation sites excluding steroid dienone is 3. The summed E-state index contributed by atoms with van der Waals surface area (Å²) >= 11 is 0. The highest BCUT2D eigenvalue weighted by molar-refractivity contribution is 6.19. The monoisotopic (exact) mass is 606 g/mol. The summed E-state index contributed by atoms with van der Waals surface area (Å²) in [6.45, 7) is 9.63. The summed E-state index contributed by atoms with van der Waals surface area (Å²) in [7, 11) is 0. The molecule has 0 bridgehead atoms. The zero-order chi connectivity index (χ0) is 32.3. The molecule has 1 unspecified atom stereocenters. The van der Waals surface area contributed by atoms with Crippen molar-refractivity contribution in [3.05, 3.63) is 68.5 Å². The van der Waals surface area contributed by atoms with Gasteiger partial charge in [-0.15, -0.1) is 0 Å². The highest BCUT2D eigenvalue weighted by Gasteiger charge is 2.36. The van der Waals surface area contributed by atoms with Crippen molar-refractivity contribution in [3.63, 3.8) is 0 Å². The molecule has 44 heavy (non-hydrogen) atoms. The van der Waals surface area contributed by atoms with Crippen LogP contribution in [0.2, 0.25) is 0 Å². The smallest absolute Gasteiger partial charge is 0.303 e. The lowest BCUT2D eigenvalue weighted by Crippen LogP contribution is -2.25. The Kier molecular flexibility index (Phi) is 9.96. The maximum atomic E-state index is 12.4. The molecule has 2 amide bonds. The Morgan fingerprint density at radius 3 is 2.25 bits per heavy atom. The number of nitrogens with one attached hydrogen (secondary N) is 3.